The summed E-state index contributed by atoms with van der Waals surface area (Å²) in [7, 11) is -3.86. The first-order valence-electron chi connectivity index (χ1n) is 7.22. The molecule has 6 nitrogen and oxygen atoms in total. The van der Waals surface area contributed by atoms with E-state index >= 15 is 0 Å². The number of primary amides is 1. The summed E-state index contributed by atoms with van der Waals surface area (Å²) in [5.41, 5.74) is 5.61. The number of carbonyl (C=O) groups excluding carboxylic acids is 2. The number of carbonyl (C=O) groups is 2. The van der Waals surface area contributed by atoms with Crippen molar-refractivity contribution in [1.82, 2.24) is 4.31 Å². The van der Waals surface area contributed by atoms with E-state index in [2.05, 4.69) is 0 Å². The Balaban J connectivity index is 2.31. The van der Waals surface area contributed by atoms with Crippen molar-refractivity contribution in [2.24, 2.45) is 5.73 Å². The van der Waals surface area contributed by atoms with E-state index in [1.807, 2.05) is 0 Å². The summed E-state index contributed by atoms with van der Waals surface area (Å²) < 4.78 is 26.2. The van der Waals surface area contributed by atoms with Crippen LogP contribution in [0.25, 0.3) is 4.91 Å². The lowest BCUT2D eigenvalue weighted by Crippen LogP contribution is -2.45. The highest BCUT2D eigenvalue weighted by Crippen LogP contribution is 2.35. The van der Waals surface area contributed by atoms with Crippen molar-refractivity contribution in [1.29, 1.82) is 0 Å². The molecular weight excluding hydrogens is 316 g/mol. The highest BCUT2D eigenvalue weighted by molar-refractivity contribution is 7.99. The highest BCUT2D eigenvalue weighted by Gasteiger charge is 2.44. The Hall–Kier alpha value is -2.15. The van der Waals surface area contributed by atoms with Gasteiger partial charge in [-0.05, 0) is 38.3 Å². The molecule has 0 saturated heterocycles. The molecule has 1 aliphatic heterocycles. The molecule has 0 fully saturated rings. The van der Waals surface area contributed by atoms with Crippen molar-refractivity contribution in [3.05, 3.63) is 41.5 Å². The summed E-state index contributed by atoms with van der Waals surface area (Å²) in [6.45, 7) is 5.02. The molecule has 2 rings (SSSR count). The van der Waals surface area contributed by atoms with Crippen molar-refractivity contribution < 1.29 is 18.0 Å². The van der Waals surface area contributed by atoms with Gasteiger partial charge in [0, 0.05) is 12.5 Å². The zero-order valence-corrected chi connectivity index (χ0v) is 14.2. The lowest BCUT2D eigenvalue weighted by Gasteiger charge is -2.30. The monoisotopic (exact) mass is 336 g/mol. The van der Waals surface area contributed by atoms with Crippen molar-refractivity contribution in [3.63, 3.8) is 0 Å². The molecule has 1 aliphatic rings. The Morgan fingerprint density at radius 2 is 1.74 bits per heavy atom. The van der Waals surface area contributed by atoms with Gasteiger partial charge >= 0.3 is 0 Å². The van der Waals surface area contributed by atoms with Gasteiger partial charge in [-0.1, -0.05) is 24.3 Å². The smallest absolute Gasteiger partial charge is 0.268 e. The van der Waals surface area contributed by atoms with Gasteiger partial charge in [-0.2, -0.15) is 0 Å². The van der Waals surface area contributed by atoms with E-state index in [4.69, 9.17) is 5.73 Å². The van der Waals surface area contributed by atoms with Crippen LogP contribution in [0.1, 0.15) is 38.3 Å². The first-order valence-corrected chi connectivity index (χ1v) is 8.66. The number of nitrogens with zero attached hydrogens (tertiary/aromatic N) is 1. The molecule has 0 unspecified atom stereocenters. The summed E-state index contributed by atoms with van der Waals surface area (Å²) >= 11 is 0. The fraction of sp³-hybridized carbons (Fsp3) is 0.375. The van der Waals surface area contributed by atoms with Crippen LogP contribution in [-0.4, -0.2) is 30.1 Å². The first-order chi connectivity index (χ1) is 10.5. The number of hydrogen-bond donors (Lipinski definition) is 1. The molecule has 23 heavy (non-hydrogen) atoms. The van der Waals surface area contributed by atoms with E-state index in [0.29, 0.717) is 12.0 Å². The van der Waals surface area contributed by atoms with Gasteiger partial charge in [0.1, 0.15) is 4.91 Å². The van der Waals surface area contributed by atoms with Crippen molar-refractivity contribution in [2.75, 3.05) is 0 Å². The zero-order valence-electron chi connectivity index (χ0n) is 13.4. The number of aryl methyl sites for hydroxylation is 1. The Bertz CT molecular complexity index is 771. The quantitative estimate of drug-likeness (QED) is 0.899. The third-order valence-corrected chi connectivity index (χ3v) is 5.60. The third-order valence-electron chi connectivity index (χ3n) is 3.48. The molecule has 0 aromatic heterocycles. The molecule has 1 aromatic carbocycles. The molecule has 2 N–H and O–H groups in total. The fourth-order valence-electron chi connectivity index (χ4n) is 2.49. The van der Waals surface area contributed by atoms with Gasteiger partial charge in [0.05, 0.1) is 5.54 Å². The van der Waals surface area contributed by atoms with Gasteiger partial charge in [-0.3, -0.25) is 9.59 Å². The van der Waals surface area contributed by atoms with E-state index in [-0.39, 0.29) is 17.2 Å². The maximum absolute atomic E-state index is 12.6. The second-order valence-corrected chi connectivity index (χ2v) is 8.21. The second-order valence-electron chi connectivity index (χ2n) is 6.45. The van der Waals surface area contributed by atoms with E-state index in [9.17, 15) is 18.0 Å². The third kappa shape index (κ3) is 3.44. The zero-order chi connectivity index (χ0) is 17.4. The molecule has 0 atom stereocenters. The van der Waals surface area contributed by atoms with Crippen LogP contribution in [0.4, 0.5) is 0 Å². The van der Waals surface area contributed by atoms with Gasteiger partial charge in [-0.15, -0.1) is 0 Å². The van der Waals surface area contributed by atoms with E-state index < -0.39 is 21.5 Å². The molecule has 0 aliphatic carbocycles. The number of benzene rings is 1. The van der Waals surface area contributed by atoms with Crippen LogP contribution in [-0.2, 0) is 26.0 Å². The van der Waals surface area contributed by atoms with Crippen molar-refractivity contribution >= 4 is 26.7 Å². The molecule has 2 amide bonds. The van der Waals surface area contributed by atoms with Crippen LogP contribution in [0.5, 0.6) is 0 Å². The Morgan fingerprint density at radius 1 is 1.17 bits per heavy atom. The van der Waals surface area contributed by atoms with Crippen LogP contribution in [0, 0.1) is 0 Å². The SMILES string of the molecule is CC(C)(C)N1C(=O)C=C(c2ccc(CCC(N)=O)cc2)S1(=O)=O. The molecule has 0 radical (unpaired) electrons. The first kappa shape index (κ1) is 17.2. The number of amides is 2. The van der Waals surface area contributed by atoms with E-state index in [1.54, 1.807) is 45.0 Å². The molecule has 1 aromatic rings. The van der Waals surface area contributed by atoms with Gasteiger partial charge in [0.15, 0.2) is 0 Å². The van der Waals surface area contributed by atoms with Crippen molar-refractivity contribution in [2.45, 2.75) is 39.2 Å². The number of nitrogens with two attached hydrogens (primary N) is 1. The maximum Gasteiger partial charge on any atom is 0.268 e. The largest absolute Gasteiger partial charge is 0.370 e. The Kier molecular flexibility index (Phi) is 4.34. The van der Waals surface area contributed by atoms with Crippen LogP contribution in [0.3, 0.4) is 0 Å². The summed E-state index contributed by atoms with van der Waals surface area (Å²) in [6, 6.07) is 6.75. The molecule has 0 saturated carbocycles. The molecule has 0 spiro atoms. The van der Waals surface area contributed by atoms with Gasteiger partial charge in [0.25, 0.3) is 15.9 Å². The van der Waals surface area contributed by atoms with Gasteiger partial charge in [0.2, 0.25) is 5.91 Å². The number of sulfonamides is 1. The van der Waals surface area contributed by atoms with Crippen LogP contribution >= 0.6 is 0 Å². The molecule has 124 valence electrons. The topological polar surface area (TPSA) is 97.5 Å². The summed E-state index contributed by atoms with van der Waals surface area (Å²) in [5, 5.41) is 0. The number of rotatable bonds is 4. The fourth-order valence-corrected chi connectivity index (χ4v) is 4.38. The molecule has 7 heteroatoms. The minimum absolute atomic E-state index is 0.00104. The predicted molar refractivity (Wildman–Crippen MR) is 87.5 cm³/mol. The van der Waals surface area contributed by atoms with Crippen LogP contribution < -0.4 is 5.73 Å². The standard InChI is InChI=1S/C16H20N2O4S/c1-16(2,3)18-15(20)10-13(23(18,21)22)12-7-4-11(5-8-12)6-9-14(17)19/h4-5,7-8,10H,6,9H2,1-3H3,(H2,17,19). The van der Waals surface area contributed by atoms with Crippen LogP contribution in [0.15, 0.2) is 30.3 Å². The van der Waals surface area contributed by atoms with Gasteiger partial charge < -0.3 is 5.73 Å². The van der Waals surface area contributed by atoms with Gasteiger partial charge in [-0.25, -0.2) is 12.7 Å². The molecule has 0 bridgehead atoms. The van der Waals surface area contributed by atoms with E-state index in [1.165, 1.54) is 0 Å². The van der Waals surface area contributed by atoms with Crippen LogP contribution in [0.2, 0.25) is 0 Å². The predicted octanol–water partition coefficient (Wildman–Crippen LogP) is 1.42. The molecular formula is C16H20N2O4S. The van der Waals surface area contributed by atoms with Crippen molar-refractivity contribution in [3.8, 4) is 0 Å². The summed E-state index contributed by atoms with van der Waals surface area (Å²) in [5.74, 6) is -0.924. The Labute approximate surface area is 136 Å². The average molecular weight is 336 g/mol. The highest BCUT2D eigenvalue weighted by atomic mass is 32.2. The molecule has 1 heterocycles. The maximum atomic E-state index is 12.6. The lowest BCUT2D eigenvalue weighted by atomic mass is 10.1. The lowest BCUT2D eigenvalue weighted by molar-refractivity contribution is -0.124. The number of hydrogen-bond acceptors (Lipinski definition) is 4. The van der Waals surface area contributed by atoms with E-state index in [0.717, 1.165) is 15.9 Å². The summed E-state index contributed by atoms with van der Waals surface area (Å²) in [6.07, 6.45) is 1.88. The normalized spacial score (nSPS) is 17.3. The average Bonchev–Trinajstić information content (AvgIpc) is 2.66. The summed E-state index contributed by atoms with van der Waals surface area (Å²) in [4.78, 5) is 22.9. The minimum atomic E-state index is -3.86. The minimum Gasteiger partial charge on any atom is -0.370 e. The Morgan fingerprint density at radius 3 is 2.17 bits per heavy atom. The second kappa shape index (κ2) is 5.81.